The maximum atomic E-state index is 12.1. The average Bonchev–Trinajstić information content (AvgIpc) is 2.75. The van der Waals surface area contributed by atoms with E-state index in [4.69, 9.17) is 10.7 Å². The maximum absolute atomic E-state index is 12.1. The molecule has 1 aliphatic carbocycles. The second-order valence-corrected chi connectivity index (χ2v) is 8.01. The van der Waals surface area contributed by atoms with Gasteiger partial charge in [0.25, 0.3) is 0 Å². The van der Waals surface area contributed by atoms with E-state index in [0.717, 1.165) is 54.6 Å². The number of carbonyl (C=O) groups is 1. The molecular formula is C22H30N6O. The average molecular weight is 395 g/mol. The molecule has 2 fully saturated rings. The quantitative estimate of drug-likeness (QED) is 0.722. The topological polar surface area (TPSA) is 96.2 Å². The minimum atomic E-state index is -0.419. The van der Waals surface area contributed by atoms with Gasteiger partial charge in [-0.2, -0.15) is 0 Å². The van der Waals surface area contributed by atoms with Gasteiger partial charge < -0.3 is 21.3 Å². The smallest absolute Gasteiger partial charge is 0.249 e. The predicted octanol–water partition coefficient (Wildman–Crippen LogP) is 2.71. The molecule has 4 N–H and O–H groups in total. The second kappa shape index (κ2) is 8.78. The molecule has 29 heavy (non-hydrogen) atoms. The van der Waals surface area contributed by atoms with Crippen molar-refractivity contribution in [2.24, 2.45) is 5.73 Å². The van der Waals surface area contributed by atoms with Gasteiger partial charge in [0.2, 0.25) is 5.91 Å². The molecular weight excluding hydrogens is 364 g/mol. The minimum Gasteiger partial charge on any atom is -0.367 e. The van der Waals surface area contributed by atoms with E-state index in [1.54, 1.807) is 0 Å². The lowest BCUT2D eigenvalue weighted by Gasteiger charge is -2.29. The van der Waals surface area contributed by atoms with Crippen LogP contribution in [0.3, 0.4) is 0 Å². The number of nitrogens with zero attached hydrogens (tertiary/aromatic N) is 3. The minimum absolute atomic E-state index is 0.419. The zero-order chi connectivity index (χ0) is 20.2. The van der Waals surface area contributed by atoms with Crippen LogP contribution in [0.2, 0.25) is 0 Å². The van der Waals surface area contributed by atoms with Crippen LogP contribution in [0.1, 0.15) is 48.0 Å². The number of carbonyl (C=O) groups excluding carboxylic acids is 1. The van der Waals surface area contributed by atoms with Crippen molar-refractivity contribution in [1.29, 1.82) is 0 Å². The zero-order valence-electron chi connectivity index (χ0n) is 17.1. The third-order valence-corrected chi connectivity index (χ3v) is 5.96. The first-order chi connectivity index (χ1) is 14.1. The van der Waals surface area contributed by atoms with E-state index in [0.29, 0.717) is 11.6 Å². The Morgan fingerprint density at radius 2 is 1.97 bits per heavy atom. The van der Waals surface area contributed by atoms with Gasteiger partial charge >= 0.3 is 0 Å². The lowest BCUT2D eigenvalue weighted by molar-refractivity contribution is 0.0999. The van der Waals surface area contributed by atoms with Crippen molar-refractivity contribution in [2.75, 3.05) is 36.4 Å². The van der Waals surface area contributed by atoms with Gasteiger partial charge in [-0.3, -0.25) is 4.79 Å². The van der Waals surface area contributed by atoms with Crippen molar-refractivity contribution >= 4 is 17.5 Å². The summed E-state index contributed by atoms with van der Waals surface area (Å²) in [5.41, 5.74) is 8.78. The Hall–Kier alpha value is -2.67. The van der Waals surface area contributed by atoms with Gasteiger partial charge in [-0.1, -0.05) is 19.3 Å². The number of anilines is 2. The Kier molecular flexibility index (Phi) is 5.94. The third kappa shape index (κ3) is 4.50. The first kappa shape index (κ1) is 19.6. The van der Waals surface area contributed by atoms with Crippen LogP contribution in [0.4, 0.5) is 11.6 Å². The number of aromatic nitrogens is 2. The Bertz CT molecular complexity index is 872. The van der Waals surface area contributed by atoms with E-state index in [1.165, 1.54) is 32.1 Å². The molecule has 1 amide bonds. The molecule has 7 heteroatoms. The summed E-state index contributed by atoms with van der Waals surface area (Å²) in [6.07, 6.45) is 8.05. The van der Waals surface area contributed by atoms with E-state index in [1.807, 2.05) is 31.3 Å². The number of nitrogens with two attached hydrogens (primary N) is 1. The van der Waals surface area contributed by atoms with Gasteiger partial charge in [-0.25, -0.2) is 9.97 Å². The first-order valence-corrected chi connectivity index (χ1v) is 10.6. The number of rotatable bonds is 5. The Balaban J connectivity index is 1.68. The fourth-order valence-corrected chi connectivity index (χ4v) is 4.30. The maximum Gasteiger partial charge on any atom is 0.249 e. The number of hydrogen-bond acceptors (Lipinski definition) is 6. The van der Waals surface area contributed by atoms with Crippen molar-refractivity contribution in [2.45, 2.75) is 45.1 Å². The summed E-state index contributed by atoms with van der Waals surface area (Å²) in [5.74, 6) is 1.25. The fraction of sp³-hybridized carbons (Fsp3) is 0.500. The van der Waals surface area contributed by atoms with Crippen LogP contribution in [0.15, 0.2) is 24.4 Å². The predicted molar refractivity (Wildman–Crippen MR) is 116 cm³/mol. The molecule has 0 unspecified atom stereocenters. The number of primary amides is 1. The van der Waals surface area contributed by atoms with Crippen LogP contribution in [-0.2, 0) is 0 Å². The largest absolute Gasteiger partial charge is 0.367 e. The lowest BCUT2D eigenvalue weighted by Crippen LogP contribution is -2.44. The summed E-state index contributed by atoms with van der Waals surface area (Å²) in [6, 6.07) is 6.30. The summed E-state index contributed by atoms with van der Waals surface area (Å²) in [6.45, 7) is 5.44. The summed E-state index contributed by atoms with van der Waals surface area (Å²) in [5, 5.41) is 6.92. The number of nitrogens with one attached hydrogen (secondary N) is 2. The summed E-state index contributed by atoms with van der Waals surface area (Å²) in [7, 11) is 0. The van der Waals surface area contributed by atoms with Crippen molar-refractivity contribution in [3.63, 3.8) is 0 Å². The standard InChI is InChI=1S/C22H30N6O/c1-15-18(22(23)29)14-20(28-11-9-24-10-12-28)27-21(15)16-7-8-25-19(13-16)26-17-5-3-2-4-6-17/h7-8,13-14,17,24H,2-6,9-12H2,1H3,(H2,23,29)(H,25,26). The van der Waals surface area contributed by atoms with Crippen LogP contribution in [0.25, 0.3) is 11.3 Å². The zero-order valence-corrected chi connectivity index (χ0v) is 17.1. The molecule has 0 spiro atoms. The van der Waals surface area contributed by atoms with Crippen molar-refractivity contribution in [3.05, 3.63) is 35.5 Å². The highest BCUT2D eigenvalue weighted by molar-refractivity contribution is 5.97. The van der Waals surface area contributed by atoms with E-state index >= 15 is 0 Å². The number of amides is 1. The van der Waals surface area contributed by atoms with Crippen LogP contribution in [0, 0.1) is 6.92 Å². The van der Waals surface area contributed by atoms with Gasteiger partial charge in [0.15, 0.2) is 0 Å². The van der Waals surface area contributed by atoms with Crippen LogP contribution in [-0.4, -0.2) is 48.1 Å². The van der Waals surface area contributed by atoms with Crippen molar-refractivity contribution in [1.82, 2.24) is 15.3 Å². The number of hydrogen-bond donors (Lipinski definition) is 3. The molecule has 2 aromatic heterocycles. The Labute approximate surface area is 172 Å². The SMILES string of the molecule is Cc1c(C(N)=O)cc(N2CCNCC2)nc1-c1ccnc(NC2CCCCC2)c1. The molecule has 0 radical (unpaired) electrons. The second-order valence-electron chi connectivity index (χ2n) is 8.01. The Morgan fingerprint density at radius 3 is 2.69 bits per heavy atom. The normalized spacial score (nSPS) is 17.9. The molecule has 154 valence electrons. The van der Waals surface area contributed by atoms with Crippen molar-refractivity contribution in [3.8, 4) is 11.3 Å². The molecule has 0 atom stereocenters. The van der Waals surface area contributed by atoms with Gasteiger partial charge in [0.05, 0.1) is 5.69 Å². The molecule has 2 aliphatic rings. The molecule has 4 rings (SSSR count). The van der Waals surface area contributed by atoms with Crippen LogP contribution < -0.4 is 21.3 Å². The van der Waals surface area contributed by atoms with Gasteiger partial charge in [0, 0.05) is 49.5 Å². The summed E-state index contributed by atoms with van der Waals surface area (Å²) < 4.78 is 0. The van der Waals surface area contributed by atoms with Crippen LogP contribution in [0.5, 0.6) is 0 Å². The van der Waals surface area contributed by atoms with E-state index in [2.05, 4.69) is 20.5 Å². The van der Waals surface area contributed by atoms with Crippen molar-refractivity contribution < 1.29 is 4.79 Å². The number of piperazine rings is 1. The highest BCUT2D eigenvalue weighted by Gasteiger charge is 2.20. The molecule has 3 heterocycles. The first-order valence-electron chi connectivity index (χ1n) is 10.6. The van der Waals surface area contributed by atoms with Crippen LogP contribution >= 0.6 is 0 Å². The summed E-state index contributed by atoms with van der Waals surface area (Å²) >= 11 is 0. The molecule has 1 saturated heterocycles. The highest BCUT2D eigenvalue weighted by Crippen LogP contribution is 2.30. The molecule has 0 bridgehead atoms. The monoisotopic (exact) mass is 394 g/mol. The van der Waals surface area contributed by atoms with E-state index < -0.39 is 5.91 Å². The molecule has 2 aromatic rings. The Morgan fingerprint density at radius 1 is 1.21 bits per heavy atom. The lowest BCUT2D eigenvalue weighted by atomic mass is 9.95. The summed E-state index contributed by atoms with van der Waals surface area (Å²) in [4.78, 5) is 23.8. The molecule has 0 aromatic carbocycles. The van der Waals surface area contributed by atoms with Gasteiger partial charge in [0.1, 0.15) is 11.6 Å². The molecule has 1 aliphatic heterocycles. The van der Waals surface area contributed by atoms with E-state index in [-0.39, 0.29) is 0 Å². The molecule has 1 saturated carbocycles. The third-order valence-electron chi connectivity index (χ3n) is 5.96. The molecule has 7 nitrogen and oxygen atoms in total. The highest BCUT2D eigenvalue weighted by atomic mass is 16.1. The van der Waals surface area contributed by atoms with Gasteiger partial charge in [-0.15, -0.1) is 0 Å². The van der Waals surface area contributed by atoms with E-state index in [9.17, 15) is 4.79 Å². The fourth-order valence-electron chi connectivity index (χ4n) is 4.30. The number of pyridine rings is 2. The van der Waals surface area contributed by atoms with Gasteiger partial charge in [-0.05, 0) is 43.5 Å².